The average Bonchev–Trinajstić information content (AvgIpc) is 3.23. The fourth-order valence-corrected chi connectivity index (χ4v) is 4.22. The molecule has 0 aromatic heterocycles. The van der Waals surface area contributed by atoms with E-state index in [-0.39, 0.29) is 12.6 Å². The number of carbonyl (C=O) groups is 1. The molecule has 144 valence electrons. The molecular weight excluding hydrogens is 345 g/mol. The van der Waals surface area contributed by atoms with Crippen molar-refractivity contribution in [3.05, 3.63) is 35.4 Å². The summed E-state index contributed by atoms with van der Waals surface area (Å²) in [5.41, 5.74) is 0.253. The van der Waals surface area contributed by atoms with Crippen molar-refractivity contribution in [1.29, 1.82) is 0 Å². The molecule has 1 aliphatic heterocycles. The minimum Gasteiger partial charge on any atom is -0.480 e. The van der Waals surface area contributed by atoms with Gasteiger partial charge in [-0.25, -0.2) is 0 Å². The third kappa shape index (κ3) is 4.76. The summed E-state index contributed by atoms with van der Waals surface area (Å²) in [5.74, 6) is -0.819. The smallest absolute Gasteiger partial charge is 0.416 e. The number of likely N-dealkylation sites (tertiary alicyclic amines) is 1. The van der Waals surface area contributed by atoms with Crippen LogP contribution in [0.25, 0.3) is 0 Å². The highest BCUT2D eigenvalue weighted by Gasteiger charge is 2.34. The Bertz CT molecular complexity index is 612. The summed E-state index contributed by atoms with van der Waals surface area (Å²) < 4.78 is 38.3. The van der Waals surface area contributed by atoms with Gasteiger partial charge in [0.2, 0.25) is 0 Å². The minimum atomic E-state index is -4.31. The molecule has 0 unspecified atom stereocenters. The fraction of sp³-hybridized carbons (Fsp3) is 0.632. The van der Waals surface area contributed by atoms with Gasteiger partial charge in [0.1, 0.15) is 0 Å². The average molecular weight is 370 g/mol. The third-order valence-electron chi connectivity index (χ3n) is 5.52. The van der Waals surface area contributed by atoms with Gasteiger partial charge >= 0.3 is 12.1 Å². The second-order valence-electron chi connectivity index (χ2n) is 7.38. The van der Waals surface area contributed by atoms with Crippen LogP contribution in [0.15, 0.2) is 24.3 Å². The topological polar surface area (TPSA) is 43.8 Å². The lowest BCUT2D eigenvalue weighted by molar-refractivity contribution is -0.138. The van der Waals surface area contributed by atoms with Gasteiger partial charge in [0.25, 0.3) is 0 Å². The summed E-state index contributed by atoms with van der Waals surface area (Å²) in [6.45, 7) is 2.14. The Balaban J connectivity index is 1.70. The number of nitrogens with zero attached hydrogens (tertiary/aromatic N) is 2. The molecule has 1 aromatic rings. The number of aliphatic carboxylic acids is 1. The number of alkyl halides is 3. The maximum atomic E-state index is 12.8. The quantitative estimate of drug-likeness (QED) is 0.831. The Kier molecular flexibility index (Phi) is 5.87. The van der Waals surface area contributed by atoms with Crippen molar-refractivity contribution in [2.24, 2.45) is 0 Å². The van der Waals surface area contributed by atoms with Crippen LogP contribution in [0, 0.1) is 0 Å². The lowest BCUT2D eigenvalue weighted by Gasteiger charge is -2.34. The first-order valence-electron chi connectivity index (χ1n) is 9.19. The number of carboxylic acid groups (broad SMARTS) is 1. The first-order chi connectivity index (χ1) is 12.3. The van der Waals surface area contributed by atoms with E-state index in [1.807, 2.05) is 4.90 Å². The molecule has 1 aliphatic carbocycles. The normalized spacial score (nSPS) is 22.4. The Morgan fingerprint density at radius 3 is 2.35 bits per heavy atom. The third-order valence-corrected chi connectivity index (χ3v) is 5.52. The predicted molar refractivity (Wildman–Crippen MR) is 91.7 cm³/mol. The summed E-state index contributed by atoms with van der Waals surface area (Å²) >= 11 is 0. The van der Waals surface area contributed by atoms with Gasteiger partial charge in [-0.15, -0.1) is 0 Å². The van der Waals surface area contributed by atoms with E-state index in [0.717, 1.165) is 43.5 Å². The Morgan fingerprint density at radius 1 is 1.12 bits per heavy atom. The number of rotatable bonds is 6. The van der Waals surface area contributed by atoms with Crippen LogP contribution >= 0.6 is 0 Å². The molecule has 1 aromatic carbocycles. The molecule has 1 heterocycles. The lowest BCUT2D eigenvalue weighted by atomic mass is 10.1. The summed E-state index contributed by atoms with van der Waals surface area (Å²) in [6.07, 6.45) is 1.17. The van der Waals surface area contributed by atoms with Gasteiger partial charge in [0, 0.05) is 31.7 Å². The second-order valence-corrected chi connectivity index (χ2v) is 7.38. The molecule has 26 heavy (non-hydrogen) atoms. The number of hydrogen-bond acceptors (Lipinski definition) is 3. The summed E-state index contributed by atoms with van der Waals surface area (Å²) in [7, 11) is 0. The van der Waals surface area contributed by atoms with Gasteiger partial charge in [-0.1, -0.05) is 25.0 Å². The van der Waals surface area contributed by atoms with E-state index in [0.29, 0.717) is 19.1 Å². The number of benzene rings is 1. The molecule has 1 saturated heterocycles. The summed E-state index contributed by atoms with van der Waals surface area (Å²) in [6, 6.07) is 6.12. The molecule has 1 N–H and O–H groups in total. The van der Waals surface area contributed by atoms with Crippen LogP contribution in [-0.2, 0) is 17.5 Å². The predicted octanol–water partition coefficient (Wildman–Crippen LogP) is 3.61. The minimum absolute atomic E-state index is 0.0509. The molecule has 0 spiro atoms. The SMILES string of the molecule is O=C(O)CN1CC[C@H](N(Cc2ccc(C(F)(F)F)cc2)C2CCCC2)C1. The molecule has 1 saturated carbocycles. The Morgan fingerprint density at radius 2 is 1.77 bits per heavy atom. The highest BCUT2D eigenvalue weighted by atomic mass is 19.4. The van der Waals surface area contributed by atoms with E-state index in [4.69, 9.17) is 5.11 Å². The number of halogens is 3. The molecule has 4 nitrogen and oxygen atoms in total. The van der Waals surface area contributed by atoms with Crippen molar-refractivity contribution in [2.45, 2.75) is 56.9 Å². The van der Waals surface area contributed by atoms with Crippen molar-refractivity contribution in [1.82, 2.24) is 9.80 Å². The summed E-state index contributed by atoms with van der Waals surface area (Å²) in [5, 5.41) is 8.99. The zero-order chi connectivity index (χ0) is 18.7. The zero-order valence-electron chi connectivity index (χ0n) is 14.7. The molecule has 2 fully saturated rings. The van der Waals surface area contributed by atoms with E-state index in [1.54, 1.807) is 12.1 Å². The molecule has 1 atom stereocenters. The van der Waals surface area contributed by atoms with E-state index in [2.05, 4.69) is 4.90 Å². The van der Waals surface area contributed by atoms with Crippen LogP contribution in [0.5, 0.6) is 0 Å². The molecule has 3 rings (SSSR count). The van der Waals surface area contributed by atoms with Crippen LogP contribution in [-0.4, -0.2) is 52.6 Å². The van der Waals surface area contributed by atoms with Gasteiger partial charge in [-0.2, -0.15) is 13.2 Å². The van der Waals surface area contributed by atoms with Crippen molar-refractivity contribution in [2.75, 3.05) is 19.6 Å². The van der Waals surface area contributed by atoms with Crippen molar-refractivity contribution in [3.8, 4) is 0 Å². The van der Waals surface area contributed by atoms with E-state index in [1.165, 1.54) is 12.8 Å². The second kappa shape index (κ2) is 7.96. The molecule has 7 heteroatoms. The fourth-order valence-electron chi connectivity index (χ4n) is 4.22. The van der Waals surface area contributed by atoms with Crippen LogP contribution in [0.2, 0.25) is 0 Å². The van der Waals surface area contributed by atoms with E-state index in [9.17, 15) is 18.0 Å². The van der Waals surface area contributed by atoms with Crippen molar-refractivity contribution < 1.29 is 23.1 Å². The lowest BCUT2D eigenvalue weighted by Crippen LogP contribution is -2.43. The standard InChI is InChI=1S/C19H25F3N2O2/c20-19(21,22)15-7-5-14(6-8-15)11-24(16-3-1-2-4-16)17-9-10-23(12-17)13-18(25)26/h5-8,16-17H,1-4,9-13H2,(H,25,26)/t17-/m0/s1. The first-order valence-corrected chi connectivity index (χ1v) is 9.19. The number of hydrogen-bond donors (Lipinski definition) is 1. The van der Waals surface area contributed by atoms with Crippen molar-refractivity contribution in [3.63, 3.8) is 0 Å². The van der Waals surface area contributed by atoms with E-state index < -0.39 is 17.7 Å². The van der Waals surface area contributed by atoms with Gasteiger partial charge < -0.3 is 5.11 Å². The van der Waals surface area contributed by atoms with Crippen LogP contribution in [0.1, 0.15) is 43.2 Å². The molecule has 0 radical (unpaired) electrons. The zero-order valence-corrected chi connectivity index (χ0v) is 14.7. The van der Waals surface area contributed by atoms with Gasteiger partial charge in [0.05, 0.1) is 12.1 Å². The molecular formula is C19H25F3N2O2. The van der Waals surface area contributed by atoms with Gasteiger partial charge in [0.15, 0.2) is 0 Å². The number of carboxylic acids is 1. The highest BCUT2D eigenvalue weighted by Crippen LogP contribution is 2.32. The highest BCUT2D eigenvalue weighted by molar-refractivity contribution is 5.69. The maximum absolute atomic E-state index is 12.8. The van der Waals surface area contributed by atoms with Gasteiger partial charge in [-0.3, -0.25) is 14.6 Å². The largest absolute Gasteiger partial charge is 0.480 e. The monoisotopic (exact) mass is 370 g/mol. The van der Waals surface area contributed by atoms with Gasteiger partial charge in [-0.05, 0) is 37.0 Å². The van der Waals surface area contributed by atoms with Crippen LogP contribution < -0.4 is 0 Å². The molecule has 2 aliphatic rings. The molecule has 0 amide bonds. The Hall–Kier alpha value is -1.60. The maximum Gasteiger partial charge on any atom is 0.416 e. The van der Waals surface area contributed by atoms with Crippen LogP contribution in [0.4, 0.5) is 13.2 Å². The first kappa shape index (κ1) is 19.2. The Labute approximate surface area is 151 Å². The van der Waals surface area contributed by atoms with E-state index >= 15 is 0 Å². The van der Waals surface area contributed by atoms with Crippen LogP contribution in [0.3, 0.4) is 0 Å². The molecule has 0 bridgehead atoms. The summed E-state index contributed by atoms with van der Waals surface area (Å²) in [4.78, 5) is 15.3. The van der Waals surface area contributed by atoms with Crippen molar-refractivity contribution >= 4 is 5.97 Å².